The van der Waals surface area contributed by atoms with Crippen LogP contribution in [0.4, 0.5) is 0 Å². The van der Waals surface area contributed by atoms with Crippen LogP contribution in [0.3, 0.4) is 0 Å². The van der Waals surface area contributed by atoms with Crippen molar-refractivity contribution < 1.29 is 9.26 Å². The highest BCUT2D eigenvalue weighted by atomic mass is 16.5. The zero-order valence-electron chi connectivity index (χ0n) is 10.9. The molecule has 0 unspecified atom stereocenters. The number of methoxy groups -OCH3 is 1. The standard InChI is InChI=1S/C13H10N4O4/c1-20-8-4-2-7(3-5-8)10-15-12(21-17-10)9-6-14-13(19)16-11(9)18/h2-6H,1H3,(H2,14,16,18,19). The molecule has 0 atom stereocenters. The summed E-state index contributed by atoms with van der Waals surface area (Å²) in [6, 6.07) is 7.06. The number of hydrogen-bond acceptors (Lipinski definition) is 6. The molecule has 0 aliphatic heterocycles. The van der Waals surface area contributed by atoms with Crippen molar-refractivity contribution >= 4 is 0 Å². The number of H-pyrrole nitrogens is 2. The van der Waals surface area contributed by atoms with Gasteiger partial charge in [0.2, 0.25) is 5.82 Å². The maximum absolute atomic E-state index is 11.6. The Bertz CT molecular complexity index is 876. The van der Waals surface area contributed by atoms with E-state index in [1.165, 1.54) is 6.20 Å². The molecular weight excluding hydrogens is 276 g/mol. The number of hydrogen-bond donors (Lipinski definition) is 2. The molecule has 106 valence electrons. The van der Waals surface area contributed by atoms with Crippen molar-refractivity contribution in [2.45, 2.75) is 0 Å². The molecule has 0 bridgehead atoms. The summed E-state index contributed by atoms with van der Waals surface area (Å²) in [6.45, 7) is 0. The third-order valence-corrected chi connectivity index (χ3v) is 2.82. The molecule has 1 aromatic carbocycles. The zero-order valence-corrected chi connectivity index (χ0v) is 10.9. The second kappa shape index (κ2) is 5.08. The molecule has 0 fully saturated rings. The molecule has 0 spiro atoms. The minimum Gasteiger partial charge on any atom is -0.497 e. The number of aromatic amines is 2. The highest BCUT2D eigenvalue weighted by Crippen LogP contribution is 2.21. The Morgan fingerprint density at radius 3 is 2.62 bits per heavy atom. The molecule has 3 rings (SSSR count). The summed E-state index contributed by atoms with van der Waals surface area (Å²) in [5, 5.41) is 3.81. The molecule has 2 aromatic heterocycles. The first-order chi connectivity index (χ1) is 10.2. The van der Waals surface area contributed by atoms with Crippen LogP contribution < -0.4 is 16.0 Å². The van der Waals surface area contributed by atoms with Crippen molar-refractivity contribution in [3.8, 4) is 28.6 Å². The topological polar surface area (TPSA) is 114 Å². The highest BCUT2D eigenvalue weighted by molar-refractivity contribution is 5.59. The van der Waals surface area contributed by atoms with E-state index >= 15 is 0 Å². The highest BCUT2D eigenvalue weighted by Gasteiger charge is 2.14. The minimum atomic E-state index is -0.598. The molecule has 3 aromatic rings. The van der Waals surface area contributed by atoms with E-state index in [1.807, 2.05) is 0 Å². The predicted molar refractivity (Wildman–Crippen MR) is 73.0 cm³/mol. The molecule has 8 nitrogen and oxygen atoms in total. The molecule has 8 heteroatoms. The van der Waals surface area contributed by atoms with Gasteiger partial charge >= 0.3 is 5.69 Å². The summed E-state index contributed by atoms with van der Waals surface area (Å²) in [5.41, 5.74) is -0.379. The zero-order chi connectivity index (χ0) is 14.8. The first-order valence-electron chi connectivity index (χ1n) is 5.98. The van der Waals surface area contributed by atoms with Gasteiger partial charge in [-0.15, -0.1) is 0 Å². The average Bonchev–Trinajstić information content (AvgIpc) is 2.97. The van der Waals surface area contributed by atoms with Gasteiger partial charge in [0.05, 0.1) is 7.11 Å². The summed E-state index contributed by atoms with van der Waals surface area (Å²) in [6.07, 6.45) is 1.23. The van der Waals surface area contributed by atoms with Gasteiger partial charge in [0.15, 0.2) is 0 Å². The van der Waals surface area contributed by atoms with E-state index in [0.717, 1.165) is 0 Å². The fourth-order valence-electron chi connectivity index (χ4n) is 1.76. The lowest BCUT2D eigenvalue weighted by molar-refractivity contribution is 0.414. The summed E-state index contributed by atoms with van der Waals surface area (Å²) >= 11 is 0. The Balaban J connectivity index is 1.99. The van der Waals surface area contributed by atoms with E-state index in [2.05, 4.69) is 20.1 Å². The molecule has 2 N–H and O–H groups in total. The summed E-state index contributed by atoms with van der Waals surface area (Å²) in [7, 11) is 1.57. The maximum atomic E-state index is 11.6. The van der Waals surface area contributed by atoms with Crippen LogP contribution in [0, 0.1) is 0 Å². The molecular formula is C13H10N4O4. The Labute approximate surface area is 117 Å². The number of ether oxygens (including phenoxy) is 1. The lowest BCUT2D eigenvalue weighted by Crippen LogP contribution is -2.22. The normalized spacial score (nSPS) is 10.5. The second-order valence-corrected chi connectivity index (χ2v) is 4.14. The summed E-state index contributed by atoms with van der Waals surface area (Å²) in [5.74, 6) is 1.07. The van der Waals surface area contributed by atoms with Gasteiger partial charge in [0, 0.05) is 11.8 Å². The third-order valence-electron chi connectivity index (χ3n) is 2.82. The van der Waals surface area contributed by atoms with Crippen LogP contribution in [0.2, 0.25) is 0 Å². The third kappa shape index (κ3) is 2.46. The minimum absolute atomic E-state index is 0.0262. The van der Waals surface area contributed by atoms with Crippen molar-refractivity contribution in [1.29, 1.82) is 0 Å². The van der Waals surface area contributed by atoms with E-state index in [0.29, 0.717) is 17.1 Å². The van der Waals surface area contributed by atoms with Gasteiger partial charge in [-0.3, -0.25) is 9.78 Å². The Hall–Kier alpha value is -3.16. The first kappa shape index (κ1) is 12.9. The molecule has 0 saturated carbocycles. The lowest BCUT2D eigenvalue weighted by atomic mass is 10.2. The van der Waals surface area contributed by atoms with E-state index in [4.69, 9.17) is 9.26 Å². The van der Waals surface area contributed by atoms with Gasteiger partial charge < -0.3 is 14.2 Å². The largest absolute Gasteiger partial charge is 0.497 e. The number of aromatic nitrogens is 4. The van der Waals surface area contributed by atoms with Crippen LogP contribution in [-0.4, -0.2) is 27.2 Å². The van der Waals surface area contributed by atoms with E-state index < -0.39 is 11.2 Å². The van der Waals surface area contributed by atoms with Gasteiger partial charge in [-0.05, 0) is 24.3 Å². The lowest BCUT2D eigenvalue weighted by Gasteiger charge is -1.98. The quantitative estimate of drug-likeness (QED) is 0.735. The molecule has 2 heterocycles. The SMILES string of the molecule is COc1ccc(-c2noc(-c3c[nH]c(=O)[nH]c3=O)n2)cc1. The van der Waals surface area contributed by atoms with Crippen LogP contribution in [0.1, 0.15) is 0 Å². The van der Waals surface area contributed by atoms with Gasteiger partial charge in [0.1, 0.15) is 11.3 Å². The van der Waals surface area contributed by atoms with E-state index in [9.17, 15) is 9.59 Å². The summed E-state index contributed by atoms with van der Waals surface area (Å²) in [4.78, 5) is 31.2. The van der Waals surface area contributed by atoms with Crippen molar-refractivity contribution in [2.75, 3.05) is 7.11 Å². The number of nitrogens with zero attached hydrogens (tertiary/aromatic N) is 2. The molecule has 0 radical (unpaired) electrons. The first-order valence-corrected chi connectivity index (χ1v) is 5.98. The Morgan fingerprint density at radius 2 is 1.95 bits per heavy atom. The Kier molecular flexibility index (Phi) is 3.11. The van der Waals surface area contributed by atoms with Gasteiger partial charge in [0.25, 0.3) is 11.4 Å². The maximum Gasteiger partial charge on any atom is 0.325 e. The van der Waals surface area contributed by atoms with Crippen molar-refractivity contribution in [2.24, 2.45) is 0 Å². The van der Waals surface area contributed by atoms with Crippen molar-refractivity contribution in [1.82, 2.24) is 20.1 Å². The van der Waals surface area contributed by atoms with Crippen molar-refractivity contribution in [3.05, 3.63) is 51.3 Å². The van der Waals surface area contributed by atoms with Crippen LogP contribution >= 0.6 is 0 Å². The fraction of sp³-hybridized carbons (Fsp3) is 0.0769. The Morgan fingerprint density at radius 1 is 1.19 bits per heavy atom. The molecule has 0 amide bonds. The van der Waals surface area contributed by atoms with Gasteiger partial charge in [-0.25, -0.2) is 4.79 Å². The van der Waals surface area contributed by atoms with Crippen LogP contribution in [0.5, 0.6) is 5.75 Å². The molecule has 0 saturated heterocycles. The summed E-state index contributed by atoms with van der Waals surface area (Å²) < 4.78 is 10.1. The molecule has 21 heavy (non-hydrogen) atoms. The van der Waals surface area contributed by atoms with Crippen molar-refractivity contribution in [3.63, 3.8) is 0 Å². The predicted octanol–water partition coefficient (Wildman–Crippen LogP) is 0.789. The van der Waals surface area contributed by atoms with Gasteiger partial charge in [-0.2, -0.15) is 4.98 Å². The molecule has 0 aliphatic rings. The fourth-order valence-corrected chi connectivity index (χ4v) is 1.76. The van der Waals surface area contributed by atoms with E-state index in [1.54, 1.807) is 31.4 Å². The van der Waals surface area contributed by atoms with Gasteiger partial charge in [-0.1, -0.05) is 5.16 Å². The van der Waals surface area contributed by atoms with Crippen LogP contribution in [0.15, 0.2) is 44.6 Å². The average molecular weight is 286 g/mol. The smallest absolute Gasteiger partial charge is 0.325 e. The number of nitrogens with one attached hydrogen (secondary N) is 2. The van der Waals surface area contributed by atoms with Crippen LogP contribution in [0.25, 0.3) is 22.8 Å². The van der Waals surface area contributed by atoms with Crippen LogP contribution in [-0.2, 0) is 0 Å². The monoisotopic (exact) mass is 286 g/mol. The number of benzene rings is 1. The second-order valence-electron chi connectivity index (χ2n) is 4.14. The molecule has 0 aliphatic carbocycles. The van der Waals surface area contributed by atoms with E-state index in [-0.39, 0.29) is 11.5 Å². The number of rotatable bonds is 3.